The third-order valence-corrected chi connectivity index (χ3v) is 4.20. The number of nitrogens with one attached hydrogen (secondary N) is 2. The fourth-order valence-corrected chi connectivity index (χ4v) is 2.72. The molecule has 0 radical (unpaired) electrons. The molecule has 2 N–H and O–H groups in total. The molecule has 0 bridgehead atoms. The minimum Gasteiger partial charge on any atom is -0.436 e. The summed E-state index contributed by atoms with van der Waals surface area (Å²) in [6, 6.07) is 6.34. The molecule has 0 saturated carbocycles. The second kappa shape index (κ2) is 7.87. The van der Waals surface area contributed by atoms with Crippen molar-refractivity contribution >= 4 is 22.4 Å². The minimum atomic E-state index is -0.840. The number of aromatic nitrogens is 2. The number of carbonyl (C=O) groups is 1. The van der Waals surface area contributed by atoms with Gasteiger partial charge in [-0.2, -0.15) is 0 Å². The van der Waals surface area contributed by atoms with Crippen molar-refractivity contribution in [3.05, 3.63) is 64.8 Å². The quantitative estimate of drug-likeness (QED) is 0.688. The van der Waals surface area contributed by atoms with Gasteiger partial charge in [0, 0.05) is 36.8 Å². The van der Waals surface area contributed by atoms with Crippen LogP contribution in [0.5, 0.6) is 11.6 Å². The van der Waals surface area contributed by atoms with Crippen LogP contribution < -0.4 is 15.4 Å². The van der Waals surface area contributed by atoms with E-state index in [1.54, 1.807) is 24.6 Å². The minimum absolute atomic E-state index is 0.108. The van der Waals surface area contributed by atoms with Crippen LogP contribution in [-0.4, -0.2) is 22.9 Å². The van der Waals surface area contributed by atoms with Crippen molar-refractivity contribution < 1.29 is 18.3 Å². The first-order valence-electron chi connectivity index (χ1n) is 7.55. The Morgan fingerprint density at radius 1 is 1.31 bits per heavy atom. The number of nitrogens with zero attached hydrogens (tertiary/aromatic N) is 2. The van der Waals surface area contributed by atoms with E-state index >= 15 is 0 Å². The van der Waals surface area contributed by atoms with E-state index in [1.807, 2.05) is 0 Å². The highest BCUT2D eigenvalue weighted by atomic mass is 32.1. The first kappa shape index (κ1) is 17.7. The molecule has 0 aliphatic rings. The summed E-state index contributed by atoms with van der Waals surface area (Å²) in [7, 11) is 1.72. The molecule has 9 heteroatoms. The zero-order valence-corrected chi connectivity index (χ0v) is 14.4. The van der Waals surface area contributed by atoms with Crippen LogP contribution in [0.1, 0.15) is 16.1 Å². The lowest BCUT2D eigenvalue weighted by molar-refractivity contribution is 0.0946. The molecule has 0 fully saturated rings. The van der Waals surface area contributed by atoms with Crippen LogP contribution in [-0.2, 0) is 6.54 Å². The number of rotatable bonds is 6. The zero-order valence-electron chi connectivity index (χ0n) is 13.6. The van der Waals surface area contributed by atoms with Crippen molar-refractivity contribution in [2.45, 2.75) is 6.54 Å². The highest BCUT2D eigenvalue weighted by molar-refractivity contribution is 7.13. The molecular weight excluding hydrogens is 362 g/mol. The van der Waals surface area contributed by atoms with Crippen molar-refractivity contribution in [2.75, 3.05) is 12.4 Å². The third kappa shape index (κ3) is 4.12. The normalized spacial score (nSPS) is 10.4. The lowest BCUT2D eigenvalue weighted by Gasteiger charge is -2.11. The summed E-state index contributed by atoms with van der Waals surface area (Å²) < 4.78 is 32.2. The van der Waals surface area contributed by atoms with Crippen molar-refractivity contribution in [1.29, 1.82) is 0 Å². The molecule has 1 aromatic carbocycles. The molecule has 0 atom stereocenters. The Bertz CT molecular complexity index is 933. The third-order valence-electron chi connectivity index (χ3n) is 3.34. The van der Waals surface area contributed by atoms with E-state index in [-0.39, 0.29) is 29.8 Å². The predicted molar refractivity (Wildman–Crippen MR) is 93.5 cm³/mol. The van der Waals surface area contributed by atoms with Crippen LogP contribution >= 0.6 is 11.3 Å². The summed E-state index contributed by atoms with van der Waals surface area (Å²) in [6.07, 6.45) is 1.47. The number of pyridine rings is 1. The molecule has 0 spiro atoms. The highest BCUT2D eigenvalue weighted by Gasteiger charge is 2.14. The van der Waals surface area contributed by atoms with E-state index in [4.69, 9.17) is 4.74 Å². The van der Waals surface area contributed by atoms with Gasteiger partial charge in [-0.3, -0.25) is 4.79 Å². The number of halogens is 2. The van der Waals surface area contributed by atoms with E-state index in [0.717, 1.165) is 12.1 Å². The molecule has 3 rings (SSSR count). The molecule has 0 aliphatic carbocycles. The topological polar surface area (TPSA) is 76.1 Å². The van der Waals surface area contributed by atoms with Gasteiger partial charge in [0.15, 0.2) is 16.7 Å². The Balaban J connectivity index is 1.71. The first-order chi connectivity index (χ1) is 12.6. The number of anilines is 1. The second-order valence-corrected chi connectivity index (χ2v) is 5.97. The molecular formula is C17H14F2N4O2S. The molecule has 3 aromatic rings. The van der Waals surface area contributed by atoms with E-state index in [0.29, 0.717) is 10.7 Å². The molecule has 0 saturated heterocycles. The highest BCUT2D eigenvalue weighted by Crippen LogP contribution is 2.26. The Labute approximate surface area is 151 Å². The Kier molecular flexibility index (Phi) is 5.37. The maximum Gasteiger partial charge on any atom is 0.271 e. The molecule has 1 amide bonds. The van der Waals surface area contributed by atoms with Crippen LogP contribution in [0.15, 0.2) is 41.9 Å². The van der Waals surface area contributed by atoms with Crippen molar-refractivity contribution in [3.63, 3.8) is 0 Å². The van der Waals surface area contributed by atoms with Gasteiger partial charge >= 0.3 is 0 Å². The van der Waals surface area contributed by atoms with Gasteiger partial charge in [-0.15, -0.1) is 11.3 Å². The summed E-state index contributed by atoms with van der Waals surface area (Å²) >= 11 is 1.31. The molecule has 0 aliphatic heterocycles. The first-order valence-corrected chi connectivity index (χ1v) is 8.43. The molecule has 26 heavy (non-hydrogen) atoms. The largest absolute Gasteiger partial charge is 0.436 e. The predicted octanol–water partition coefficient (Wildman–Crippen LogP) is 3.58. The van der Waals surface area contributed by atoms with Gasteiger partial charge in [0.2, 0.25) is 5.88 Å². The van der Waals surface area contributed by atoms with Gasteiger partial charge in [0.05, 0.1) is 0 Å². The molecule has 134 valence electrons. The van der Waals surface area contributed by atoms with Crippen molar-refractivity contribution in [2.24, 2.45) is 0 Å². The fourth-order valence-electron chi connectivity index (χ4n) is 2.07. The van der Waals surface area contributed by atoms with E-state index in [2.05, 4.69) is 20.6 Å². The average Bonchev–Trinajstić information content (AvgIpc) is 3.12. The summed E-state index contributed by atoms with van der Waals surface area (Å²) in [6.45, 7) is 0.108. The van der Waals surface area contributed by atoms with E-state index in [9.17, 15) is 13.6 Å². The summed E-state index contributed by atoms with van der Waals surface area (Å²) in [4.78, 5) is 20.3. The zero-order chi connectivity index (χ0) is 18.5. The average molecular weight is 376 g/mol. The Hall–Kier alpha value is -3.07. The van der Waals surface area contributed by atoms with Gasteiger partial charge in [-0.25, -0.2) is 18.7 Å². The summed E-state index contributed by atoms with van der Waals surface area (Å²) in [5.41, 5.74) is 0.823. The van der Waals surface area contributed by atoms with Gasteiger partial charge in [0.1, 0.15) is 11.5 Å². The van der Waals surface area contributed by atoms with E-state index < -0.39 is 11.6 Å². The van der Waals surface area contributed by atoms with Gasteiger partial charge in [-0.1, -0.05) is 6.07 Å². The lowest BCUT2D eigenvalue weighted by atomic mass is 10.2. The van der Waals surface area contributed by atoms with Crippen LogP contribution in [0, 0.1) is 11.6 Å². The maximum absolute atomic E-state index is 13.8. The van der Waals surface area contributed by atoms with Crippen molar-refractivity contribution in [3.8, 4) is 11.6 Å². The standard InChI is InChI=1S/C17H14F2N4O2S/c1-20-17-23-13(9-26-17)15(24)22-8-10-3-2-6-21-16(10)25-14-5-4-11(18)7-12(14)19/h2-7,9H,8H2,1H3,(H,20,23)(H,22,24). The Morgan fingerprint density at radius 3 is 2.88 bits per heavy atom. The molecule has 2 aromatic heterocycles. The molecule has 2 heterocycles. The lowest BCUT2D eigenvalue weighted by Crippen LogP contribution is -2.23. The summed E-state index contributed by atoms with van der Waals surface area (Å²) in [5, 5.41) is 7.83. The number of ether oxygens (including phenoxy) is 1. The smallest absolute Gasteiger partial charge is 0.271 e. The van der Waals surface area contributed by atoms with Crippen LogP contribution in [0.3, 0.4) is 0 Å². The van der Waals surface area contributed by atoms with Gasteiger partial charge in [0.25, 0.3) is 5.91 Å². The number of carbonyl (C=O) groups excluding carboxylic acids is 1. The molecule has 6 nitrogen and oxygen atoms in total. The van der Waals surface area contributed by atoms with Gasteiger partial charge in [-0.05, 0) is 18.2 Å². The van der Waals surface area contributed by atoms with Crippen molar-refractivity contribution in [1.82, 2.24) is 15.3 Å². The number of benzene rings is 1. The number of thiazole rings is 1. The van der Waals surface area contributed by atoms with Crippen LogP contribution in [0.2, 0.25) is 0 Å². The number of hydrogen-bond donors (Lipinski definition) is 2. The summed E-state index contributed by atoms with van der Waals surface area (Å²) in [5.74, 6) is -1.94. The Morgan fingerprint density at radius 2 is 2.15 bits per heavy atom. The van der Waals surface area contributed by atoms with Crippen LogP contribution in [0.4, 0.5) is 13.9 Å². The molecule has 0 unspecified atom stereocenters. The van der Waals surface area contributed by atoms with E-state index in [1.165, 1.54) is 23.6 Å². The fraction of sp³-hybridized carbons (Fsp3) is 0.118. The SMILES string of the molecule is CNc1nc(C(=O)NCc2cccnc2Oc2ccc(F)cc2F)cs1. The van der Waals surface area contributed by atoms with Gasteiger partial charge < -0.3 is 15.4 Å². The number of amides is 1. The van der Waals surface area contributed by atoms with Crippen LogP contribution in [0.25, 0.3) is 0 Å². The monoisotopic (exact) mass is 376 g/mol. The number of hydrogen-bond acceptors (Lipinski definition) is 6. The maximum atomic E-state index is 13.8. The second-order valence-electron chi connectivity index (χ2n) is 5.12.